The Morgan fingerprint density at radius 1 is 1.47 bits per heavy atom. The van der Waals surface area contributed by atoms with Crippen molar-refractivity contribution in [1.82, 2.24) is 4.90 Å². The fourth-order valence-electron chi connectivity index (χ4n) is 2.99. The summed E-state index contributed by atoms with van der Waals surface area (Å²) >= 11 is 0. The van der Waals surface area contributed by atoms with Crippen LogP contribution in [0, 0.1) is 11.7 Å². The molecule has 1 saturated heterocycles. The van der Waals surface area contributed by atoms with Gasteiger partial charge in [-0.2, -0.15) is 0 Å². The molecule has 0 aliphatic carbocycles. The third-order valence-electron chi connectivity index (χ3n) is 4.13. The minimum atomic E-state index is -0.705. The first-order valence-corrected chi connectivity index (χ1v) is 6.72. The maximum absolute atomic E-state index is 12.9. The number of aliphatic carboxylic acids is 1. The second-order valence-electron chi connectivity index (χ2n) is 5.39. The van der Waals surface area contributed by atoms with Crippen LogP contribution >= 0.6 is 0 Å². The van der Waals surface area contributed by atoms with E-state index in [0.29, 0.717) is 6.42 Å². The maximum atomic E-state index is 12.9. The van der Waals surface area contributed by atoms with Crippen molar-refractivity contribution in [3.8, 4) is 0 Å². The van der Waals surface area contributed by atoms with E-state index >= 15 is 0 Å². The van der Waals surface area contributed by atoms with Crippen molar-refractivity contribution in [2.45, 2.75) is 38.8 Å². The molecular weight excluding hydrogens is 245 g/mol. The number of benzene rings is 1. The highest BCUT2D eigenvalue weighted by molar-refractivity contribution is 5.71. The van der Waals surface area contributed by atoms with Gasteiger partial charge < -0.3 is 5.11 Å². The number of carbonyl (C=O) groups is 1. The van der Waals surface area contributed by atoms with Crippen LogP contribution in [-0.4, -0.2) is 34.6 Å². The molecule has 1 N–H and O–H groups in total. The average Bonchev–Trinajstić information content (AvgIpc) is 2.74. The van der Waals surface area contributed by atoms with Gasteiger partial charge in [0.2, 0.25) is 0 Å². The summed E-state index contributed by atoms with van der Waals surface area (Å²) in [5.74, 6) is -1.20. The van der Waals surface area contributed by atoms with Crippen molar-refractivity contribution in [3.05, 3.63) is 35.6 Å². The van der Waals surface area contributed by atoms with Gasteiger partial charge in [-0.25, -0.2) is 4.39 Å². The van der Waals surface area contributed by atoms with Crippen molar-refractivity contribution < 1.29 is 14.3 Å². The Kier molecular flexibility index (Phi) is 4.20. The minimum Gasteiger partial charge on any atom is -0.481 e. The highest BCUT2D eigenvalue weighted by atomic mass is 19.1. The molecule has 1 aliphatic rings. The SMILES string of the molecule is CC(Cc1ccc(F)cc1)N1CCC(C(=O)O)C1C. The van der Waals surface area contributed by atoms with Gasteiger partial charge in [-0.15, -0.1) is 0 Å². The number of carboxylic acid groups (broad SMARTS) is 1. The van der Waals surface area contributed by atoms with E-state index in [2.05, 4.69) is 11.8 Å². The first-order chi connectivity index (χ1) is 8.99. The van der Waals surface area contributed by atoms with E-state index in [0.717, 1.165) is 18.5 Å². The smallest absolute Gasteiger partial charge is 0.308 e. The molecule has 19 heavy (non-hydrogen) atoms. The zero-order chi connectivity index (χ0) is 14.0. The summed E-state index contributed by atoms with van der Waals surface area (Å²) in [7, 11) is 0. The molecule has 1 aromatic carbocycles. The molecule has 2 rings (SSSR count). The number of nitrogens with zero attached hydrogens (tertiary/aromatic N) is 1. The summed E-state index contributed by atoms with van der Waals surface area (Å²) < 4.78 is 12.9. The Bertz CT molecular complexity index is 446. The molecule has 0 radical (unpaired) electrons. The highest BCUT2D eigenvalue weighted by Crippen LogP contribution is 2.27. The van der Waals surface area contributed by atoms with Crippen molar-refractivity contribution in [2.24, 2.45) is 5.92 Å². The molecule has 4 heteroatoms. The van der Waals surface area contributed by atoms with Crippen LogP contribution in [0.15, 0.2) is 24.3 Å². The summed E-state index contributed by atoms with van der Waals surface area (Å²) in [5.41, 5.74) is 1.08. The lowest BCUT2D eigenvalue weighted by Crippen LogP contribution is -2.40. The molecule has 0 bridgehead atoms. The maximum Gasteiger partial charge on any atom is 0.308 e. The van der Waals surface area contributed by atoms with E-state index in [9.17, 15) is 9.18 Å². The number of likely N-dealkylation sites (tertiary alicyclic amines) is 1. The molecule has 1 aliphatic heterocycles. The summed E-state index contributed by atoms with van der Waals surface area (Å²) in [5, 5.41) is 9.14. The lowest BCUT2D eigenvalue weighted by molar-refractivity contribution is -0.142. The third-order valence-corrected chi connectivity index (χ3v) is 4.13. The van der Waals surface area contributed by atoms with E-state index in [1.54, 1.807) is 12.1 Å². The zero-order valence-corrected chi connectivity index (χ0v) is 11.3. The number of halogens is 1. The predicted octanol–water partition coefficient (Wildman–Crippen LogP) is 2.55. The van der Waals surface area contributed by atoms with Crippen molar-refractivity contribution >= 4 is 5.97 Å². The van der Waals surface area contributed by atoms with Gasteiger partial charge in [0.1, 0.15) is 5.82 Å². The van der Waals surface area contributed by atoms with Gasteiger partial charge in [-0.1, -0.05) is 12.1 Å². The van der Waals surface area contributed by atoms with Gasteiger partial charge >= 0.3 is 5.97 Å². The predicted molar refractivity (Wildman–Crippen MR) is 71.5 cm³/mol. The summed E-state index contributed by atoms with van der Waals surface area (Å²) in [6, 6.07) is 6.85. The molecule has 3 nitrogen and oxygen atoms in total. The van der Waals surface area contributed by atoms with Crippen molar-refractivity contribution in [3.63, 3.8) is 0 Å². The topological polar surface area (TPSA) is 40.5 Å². The lowest BCUT2D eigenvalue weighted by Gasteiger charge is -2.29. The Balaban J connectivity index is 1.99. The minimum absolute atomic E-state index is 0.0629. The molecule has 104 valence electrons. The number of hydrogen-bond donors (Lipinski definition) is 1. The summed E-state index contributed by atoms with van der Waals surface area (Å²) in [6.07, 6.45) is 1.53. The van der Waals surface area contributed by atoms with Gasteiger partial charge in [-0.05, 0) is 50.9 Å². The van der Waals surface area contributed by atoms with Crippen LogP contribution in [0.5, 0.6) is 0 Å². The highest BCUT2D eigenvalue weighted by Gasteiger charge is 2.37. The Labute approximate surface area is 113 Å². The largest absolute Gasteiger partial charge is 0.481 e. The van der Waals surface area contributed by atoms with Crippen LogP contribution in [-0.2, 0) is 11.2 Å². The summed E-state index contributed by atoms with van der Waals surface area (Å²) in [6.45, 7) is 4.90. The lowest BCUT2D eigenvalue weighted by atomic mass is 10.0. The number of carboxylic acids is 1. The molecule has 1 heterocycles. The first-order valence-electron chi connectivity index (χ1n) is 6.72. The van der Waals surface area contributed by atoms with Crippen LogP contribution in [0.4, 0.5) is 4.39 Å². The fourth-order valence-corrected chi connectivity index (χ4v) is 2.99. The monoisotopic (exact) mass is 265 g/mol. The molecule has 0 saturated carbocycles. The van der Waals surface area contributed by atoms with Gasteiger partial charge in [0.15, 0.2) is 0 Å². The van der Waals surface area contributed by atoms with E-state index in [-0.39, 0.29) is 23.8 Å². The Hall–Kier alpha value is -1.42. The van der Waals surface area contributed by atoms with E-state index in [4.69, 9.17) is 5.11 Å². The van der Waals surface area contributed by atoms with Crippen molar-refractivity contribution in [2.75, 3.05) is 6.54 Å². The second-order valence-corrected chi connectivity index (χ2v) is 5.39. The van der Waals surface area contributed by atoms with Crippen LogP contribution < -0.4 is 0 Å². The molecule has 1 fully saturated rings. The van der Waals surface area contributed by atoms with Crippen LogP contribution in [0.2, 0.25) is 0 Å². The molecule has 0 spiro atoms. The van der Waals surface area contributed by atoms with Gasteiger partial charge in [0.05, 0.1) is 5.92 Å². The molecule has 1 aromatic rings. The molecule has 0 aromatic heterocycles. The average molecular weight is 265 g/mol. The molecular formula is C15H20FNO2. The Morgan fingerprint density at radius 3 is 2.63 bits per heavy atom. The molecule has 0 amide bonds. The van der Waals surface area contributed by atoms with E-state index < -0.39 is 5.97 Å². The van der Waals surface area contributed by atoms with E-state index in [1.165, 1.54) is 12.1 Å². The number of hydrogen-bond acceptors (Lipinski definition) is 2. The number of rotatable bonds is 4. The first kappa shape index (κ1) is 14.0. The normalized spacial score (nSPS) is 25.4. The molecule has 3 unspecified atom stereocenters. The van der Waals surface area contributed by atoms with E-state index in [1.807, 2.05) is 6.92 Å². The van der Waals surface area contributed by atoms with Crippen LogP contribution in [0.3, 0.4) is 0 Å². The van der Waals surface area contributed by atoms with Gasteiger partial charge in [0, 0.05) is 12.1 Å². The zero-order valence-electron chi connectivity index (χ0n) is 11.3. The van der Waals surface area contributed by atoms with Crippen molar-refractivity contribution in [1.29, 1.82) is 0 Å². The summed E-state index contributed by atoms with van der Waals surface area (Å²) in [4.78, 5) is 13.3. The standard InChI is InChI=1S/C15H20FNO2/c1-10(9-12-3-5-13(16)6-4-12)17-8-7-14(11(17)2)15(18)19/h3-6,10-11,14H,7-9H2,1-2H3,(H,18,19). The third kappa shape index (κ3) is 3.13. The van der Waals surface area contributed by atoms with Gasteiger partial charge in [-0.3, -0.25) is 9.69 Å². The molecule has 3 atom stereocenters. The fraction of sp³-hybridized carbons (Fsp3) is 0.533. The Morgan fingerprint density at radius 2 is 2.11 bits per heavy atom. The van der Waals surface area contributed by atoms with Gasteiger partial charge in [0.25, 0.3) is 0 Å². The second kappa shape index (κ2) is 5.70. The van der Waals surface area contributed by atoms with Crippen LogP contribution in [0.25, 0.3) is 0 Å². The van der Waals surface area contributed by atoms with Crippen LogP contribution in [0.1, 0.15) is 25.8 Å². The quantitative estimate of drug-likeness (QED) is 0.909.